The Morgan fingerprint density at radius 1 is 1.15 bits per heavy atom. The number of aromatic amines is 1. The van der Waals surface area contributed by atoms with Crippen molar-refractivity contribution in [1.29, 1.82) is 0 Å². The summed E-state index contributed by atoms with van der Waals surface area (Å²) in [6.45, 7) is 0. The highest BCUT2D eigenvalue weighted by atomic mass is 19.1. The zero-order chi connectivity index (χ0) is 22.9. The number of aromatic nitrogens is 5. The van der Waals surface area contributed by atoms with Gasteiger partial charge in [-0.25, -0.2) is 28.5 Å². The molecule has 5 rings (SSSR count). The van der Waals surface area contributed by atoms with Crippen molar-refractivity contribution in [2.24, 2.45) is 0 Å². The van der Waals surface area contributed by atoms with E-state index in [9.17, 15) is 13.6 Å². The molecule has 0 amide bonds. The highest BCUT2D eigenvalue weighted by molar-refractivity contribution is 5.91. The number of carboxylic acid groups (broad SMARTS) is 1. The van der Waals surface area contributed by atoms with E-state index in [4.69, 9.17) is 9.52 Å². The lowest BCUT2D eigenvalue weighted by Crippen LogP contribution is -2.35. The smallest absolute Gasteiger partial charge is 0.357 e. The van der Waals surface area contributed by atoms with Crippen molar-refractivity contribution in [3.8, 4) is 11.4 Å². The van der Waals surface area contributed by atoms with E-state index in [1.54, 1.807) is 6.20 Å². The van der Waals surface area contributed by atoms with Gasteiger partial charge in [-0.05, 0) is 31.7 Å². The first-order valence-corrected chi connectivity index (χ1v) is 10.3. The van der Waals surface area contributed by atoms with E-state index in [0.717, 1.165) is 37.9 Å². The minimum absolute atomic E-state index is 0.0384. The van der Waals surface area contributed by atoms with E-state index in [-0.39, 0.29) is 35.4 Å². The summed E-state index contributed by atoms with van der Waals surface area (Å²) in [6.07, 6.45) is 7.97. The molecule has 0 saturated heterocycles. The Hall–Kier alpha value is -4.09. The molecular formula is C21H19F2N7O3. The van der Waals surface area contributed by atoms with Crippen LogP contribution in [0.1, 0.15) is 36.2 Å². The minimum Gasteiger partial charge on any atom is -0.476 e. The number of carbonyl (C=O) groups is 1. The van der Waals surface area contributed by atoms with Crippen molar-refractivity contribution in [3.63, 3.8) is 0 Å². The van der Waals surface area contributed by atoms with Crippen LogP contribution in [0.3, 0.4) is 0 Å². The molecule has 1 saturated carbocycles. The van der Waals surface area contributed by atoms with E-state index in [1.165, 1.54) is 6.07 Å². The van der Waals surface area contributed by atoms with Crippen LogP contribution in [0.25, 0.3) is 22.4 Å². The van der Waals surface area contributed by atoms with Gasteiger partial charge in [0.25, 0.3) is 6.01 Å². The Bertz CT molecular complexity index is 1320. The number of nitrogens with one attached hydrogen (secondary N) is 3. The molecule has 4 aromatic heterocycles. The monoisotopic (exact) mass is 455 g/mol. The number of fused-ring (bicyclic) bond motifs is 1. The number of H-pyrrole nitrogens is 1. The molecule has 2 atom stereocenters. The SMILES string of the molecule is O=C(O)c1coc(N[C@@H]2CCCC(Nc3nc(-c4c[nH]c5ncc(F)cc45)ncc3F)C2)n1. The van der Waals surface area contributed by atoms with Crippen LogP contribution in [0.15, 0.2) is 35.3 Å². The zero-order valence-corrected chi connectivity index (χ0v) is 17.2. The number of hydrogen-bond acceptors (Lipinski definition) is 8. The van der Waals surface area contributed by atoms with Gasteiger partial charge >= 0.3 is 5.97 Å². The third kappa shape index (κ3) is 4.31. The second-order valence-electron chi connectivity index (χ2n) is 7.83. The van der Waals surface area contributed by atoms with Gasteiger partial charge in [0.05, 0.1) is 12.4 Å². The van der Waals surface area contributed by atoms with Crippen molar-refractivity contribution in [2.45, 2.75) is 37.8 Å². The van der Waals surface area contributed by atoms with Crippen molar-refractivity contribution in [2.75, 3.05) is 10.6 Å². The Balaban J connectivity index is 1.32. The number of aromatic carboxylic acids is 1. The average molecular weight is 455 g/mol. The standard InChI is InChI=1S/C21H19F2N7O3/c22-10-4-13-14(7-25-17(13)24-6-10)18-26-8-15(23)19(30-18)27-11-2-1-3-12(5-11)28-21-29-16(9-33-21)20(31)32/h4,6-9,11-12H,1-3,5H2,(H,24,25)(H,28,29)(H,31,32)(H,26,27,30)/t11?,12-/m1/s1. The maximum atomic E-state index is 14.5. The lowest BCUT2D eigenvalue weighted by Gasteiger charge is -2.30. The lowest BCUT2D eigenvalue weighted by molar-refractivity contribution is 0.0690. The van der Waals surface area contributed by atoms with Gasteiger partial charge in [0.2, 0.25) is 0 Å². The lowest BCUT2D eigenvalue weighted by atomic mass is 9.91. The molecule has 12 heteroatoms. The van der Waals surface area contributed by atoms with E-state index in [2.05, 4.69) is 35.6 Å². The number of rotatable bonds is 6. The van der Waals surface area contributed by atoms with Crippen molar-refractivity contribution >= 4 is 28.8 Å². The topological polar surface area (TPSA) is 142 Å². The van der Waals surface area contributed by atoms with Gasteiger partial charge in [0, 0.05) is 29.2 Å². The van der Waals surface area contributed by atoms with Crippen LogP contribution in [0.5, 0.6) is 0 Å². The van der Waals surface area contributed by atoms with Gasteiger partial charge in [0.1, 0.15) is 17.7 Å². The fourth-order valence-electron chi connectivity index (χ4n) is 4.02. The second-order valence-corrected chi connectivity index (χ2v) is 7.83. The molecule has 4 N–H and O–H groups in total. The van der Waals surface area contributed by atoms with E-state index in [1.807, 2.05) is 0 Å². The third-order valence-corrected chi connectivity index (χ3v) is 5.55. The number of hydrogen-bond donors (Lipinski definition) is 4. The van der Waals surface area contributed by atoms with Gasteiger partial charge in [-0.2, -0.15) is 4.98 Å². The molecule has 0 aliphatic heterocycles. The summed E-state index contributed by atoms with van der Waals surface area (Å²) in [5.74, 6) is -1.97. The molecule has 1 fully saturated rings. The molecule has 1 aliphatic carbocycles. The third-order valence-electron chi connectivity index (χ3n) is 5.55. The van der Waals surface area contributed by atoms with Crippen molar-refractivity contribution < 1.29 is 23.1 Å². The largest absolute Gasteiger partial charge is 0.476 e. The number of anilines is 2. The maximum absolute atomic E-state index is 14.5. The first kappa shape index (κ1) is 20.8. The first-order chi connectivity index (χ1) is 16.0. The number of nitrogens with zero attached hydrogens (tertiary/aromatic N) is 4. The molecule has 0 spiro atoms. The van der Waals surface area contributed by atoms with Gasteiger partial charge in [0.15, 0.2) is 23.2 Å². The van der Waals surface area contributed by atoms with Crippen LogP contribution in [0.4, 0.5) is 20.6 Å². The molecule has 170 valence electrons. The van der Waals surface area contributed by atoms with Gasteiger partial charge in [-0.3, -0.25) is 0 Å². The van der Waals surface area contributed by atoms with Gasteiger partial charge in [-0.15, -0.1) is 0 Å². The Morgan fingerprint density at radius 2 is 1.97 bits per heavy atom. The van der Waals surface area contributed by atoms with Crippen LogP contribution < -0.4 is 10.6 Å². The predicted octanol–water partition coefficient (Wildman–Crippen LogP) is 3.82. The number of halogens is 2. The van der Waals surface area contributed by atoms with Crippen LogP contribution >= 0.6 is 0 Å². The Morgan fingerprint density at radius 3 is 2.76 bits per heavy atom. The zero-order valence-electron chi connectivity index (χ0n) is 17.2. The Labute approximate surface area is 185 Å². The summed E-state index contributed by atoms with van der Waals surface area (Å²) >= 11 is 0. The summed E-state index contributed by atoms with van der Waals surface area (Å²) < 4.78 is 33.3. The van der Waals surface area contributed by atoms with E-state index < -0.39 is 17.6 Å². The molecule has 10 nitrogen and oxygen atoms in total. The van der Waals surface area contributed by atoms with E-state index in [0.29, 0.717) is 23.0 Å². The minimum atomic E-state index is -1.17. The molecule has 0 bridgehead atoms. The molecule has 0 aromatic carbocycles. The summed E-state index contributed by atoms with van der Waals surface area (Å²) in [6, 6.07) is 1.32. The fourth-order valence-corrected chi connectivity index (χ4v) is 4.02. The van der Waals surface area contributed by atoms with Gasteiger partial charge < -0.3 is 25.1 Å². The first-order valence-electron chi connectivity index (χ1n) is 10.3. The number of pyridine rings is 1. The van der Waals surface area contributed by atoms with Crippen molar-refractivity contribution in [3.05, 3.63) is 48.2 Å². The van der Waals surface area contributed by atoms with Crippen LogP contribution in [-0.2, 0) is 0 Å². The second kappa shape index (κ2) is 8.45. The molecular weight excluding hydrogens is 436 g/mol. The average Bonchev–Trinajstić information content (AvgIpc) is 3.43. The molecule has 0 radical (unpaired) electrons. The van der Waals surface area contributed by atoms with Crippen LogP contribution in [0.2, 0.25) is 0 Å². The summed E-state index contributed by atoms with van der Waals surface area (Å²) in [7, 11) is 0. The quantitative estimate of drug-likeness (QED) is 0.341. The molecule has 1 aliphatic rings. The molecule has 33 heavy (non-hydrogen) atoms. The summed E-state index contributed by atoms with van der Waals surface area (Å²) in [5, 5.41) is 15.7. The summed E-state index contributed by atoms with van der Waals surface area (Å²) in [5.41, 5.74) is 0.819. The predicted molar refractivity (Wildman–Crippen MR) is 114 cm³/mol. The number of oxazole rings is 1. The highest BCUT2D eigenvalue weighted by Crippen LogP contribution is 2.29. The molecule has 1 unspecified atom stereocenters. The molecule has 4 aromatic rings. The maximum Gasteiger partial charge on any atom is 0.357 e. The van der Waals surface area contributed by atoms with Crippen LogP contribution in [-0.4, -0.2) is 48.1 Å². The van der Waals surface area contributed by atoms with E-state index >= 15 is 0 Å². The Kier molecular flexibility index (Phi) is 5.32. The number of carboxylic acids is 1. The van der Waals surface area contributed by atoms with Crippen molar-refractivity contribution in [1.82, 2.24) is 24.9 Å². The van der Waals surface area contributed by atoms with Gasteiger partial charge in [-0.1, -0.05) is 0 Å². The van der Waals surface area contributed by atoms with Crippen LogP contribution in [0, 0.1) is 11.6 Å². The highest BCUT2D eigenvalue weighted by Gasteiger charge is 2.25. The summed E-state index contributed by atoms with van der Waals surface area (Å²) in [4.78, 5) is 30.2. The fraction of sp³-hybridized carbons (Fsp3) is 0.286. The normalized spacial score (nSPS) is 18.4. The molecule has 4 heterocycles.